The molecule has 0 heterocycles. The lowest BCUT2D eigenvalue weighted by atomic mass is 10.1. The van der Waals surface area contributed by atoms with Crippen molar-refractivity contribution in [2.45, 2.75) is 24.6 Å². The third-order valence-electron chi connectivity index (χ3n) is 2.63. The van der Waals surface area contributed by atoms with Crippen molar-refractivity contribution >= 4 is 41.1 Å². The number of ether oxygens (including phenoxy) is 1. The summed E-state index contributed by atoms with van der Waals surface area (Å²) in [7, 11) is 0. The molecular weight excluding hydrogens is 283 g/mol. The second-order valence-corrected chi connectivity index (χ2v) is 5.68. The zero-order valence-electron chi connectivity index (χ0n) is 10.0. The Labute approximate surface area is 114 Å². The molecule has 102 valence electrons. The Morgan fingerprint density at radius 1 is 1.33 bits per heavy atom. The number of halogens is 2. The van der Waals surface area contributed by atoms with E-state index >= 15 is 0 Å². The Balaban J connectivity index is 2.32. The van der Waals surface area contributed by atoms with Gasteiger partial charge in [-0.05, 0) is 13.8 Å². The number of amides is 3. The molecule has 1 atom stereocenters. The minimum absolute atomic E-state index is 0.278. The third kappa shape index (κ3) is 3.26. The number of nitrogens with one attached hydrogen (secondary N) is 2. The zero-order valence-corrected chi connectivity index (χ0v) is 11.5. The van der Waals surface area contributed by atoms with Gasteiger partial charge in [-0.3, -0.25) is 14.9 Å². The fourth-order valence-corrected chi connectivity index (χ4v) is 1.97. The van der Waals surface area contributed by atoms with Crippen molar-refractivity contribution in [3.8, 4) is 0 Å². The lowest BCUT2D eigenvalue weighted by Crippen LogP contribution is -2.41. The van der Waals surface area contributed by atoms with Crippen LogP contribution < -0.4 is 10.6 Å². The lowest BCUT2D eigenvalue weighted by Gasteiger charge is -2.11. The largest absolute Gasteiger partial charge is 0.455 e. The first-order valence-electron chi connectivity index (χ1n) is 5.35. The Hall–Kier alpha value is -1.01. The van der Waals surface area contributed by atoms with Crippen LogP contribution in [0.4, 0.5) is 4.79 Å². The first kappa shape index (κ1) is 15.0. The van der Waals surface area contributed by atoms with Gasteiger partial charge in [-0.15, -0.1) is 23.2 Å². The number of hydrogen-bond donors (Lipinski definition) is 2. The van der Waals surface area contributed by atoms with Crippen molar-refractivity contribution in [2.24, 2.45) is 5.41 Å². The predicted molar refractivity (Wildman–Crippen MR) is 65.3 cm³/mol. The van der Waals surface area contributed by atoms with Gasteiger partial charge in [-0.25, -0.2) is 4.79 Å². The van der Waals surface area contributed by atoms with Crippen molar-refractivity contribution in [1.82, 2.24) is 10.6 Å². The first-order valence-corrected chi connectivity index (χ1v) is 6.11. The standard InChI is InChI=1S/C10H14Cl2N2O4/c1-3-13-8(17)14-6(15)4-18-7(16)9(2)5-10(9,11)12/h3-5H2,1-2H3,(H2,13,14,15,17)/t9-/m0/s1. The van der Waals surface area contributed by atoms with E-state index in [0.717, 1.165) is 0 Å². The molecule has 0 aromatic heterocycles. The van der Waals surface area contributed by atoms with Gasteiger partial charge < -0.3 is 10.1 Å². The number of carbonyl (C=O) groups is 3. The van der Waals surface area contributed by atoms with Gasteiger partial charge in [-0.2, -0.15) is 0 Å². The van der Waals surface area contributed by atoms with Gasteiger partial charge in [0.15, 0.2) is 6.61 Å². The van der Waals surface area contributed by atoms with Crippen LogP contribution >= 0.6 is 23.2 Å². The summed E-state index contributed by atoms with van der Waals surface area (Å²) >= 11 is 11.6. The quantitative estimate of drug-likeness (QED) is 0.598. The van der Waals surface area contributed by atoms with Gasteiger partial charge in [0.2, 0.25) is 0 Å². The zero-order chi connectivity index (χ0) is 14.0. The highest BCUT2D eigenvalue weighted by Gasteiger charge is 2.69. The molecule has 0 aromatic carbocycles. The van der Waals surface area contributed by atoms with Crippen LogP contribution in [0.25, 0.3) is 0 Å². The maximum atomic E-state index is 11.6. The number of imide groups is 1. The second-order valence-electron chi connectivity index (χ2n) is 4.20. The number of esters is 1. The molecule has 1 rings (SSSR count). The molecule has 1 fully saturated rings. The van der Waals surface area contributed by atoms with Crippen LogP contribution in [-0.4, -0.2) is 35.4 Å². The van der Waals surface area contributed by atoms with Crippen molar-refractivity contribution in [1.29, 1.82) is 0 Å². The smallest absolute Gasteiger partial charge is 0.321 e. The highest BCUT2D eigenvalue weighted by Crippen LogP contribution is 2.64. The van der Waals surface area contributed by atoms with Gasteiger partial charge in [-0.1, -0.05) is 0 Å². The van der Waals surface area contributed by atoms with Crippen LogP contribution in [0.5, 0.6) is 0 Å². The molecule has 0 spiro atoms. The molecule has 1 aliphatic carbocycles. The molecule has 8 heteroatoms. The molecular formula is C10H14Cl2N2O4. The van der Waals surface area contributed by atoms with Gasteiger partial charge in [0.1, 0.15) is 9.75 Å². The van der Waals surface area contributed by atoms with E-state index in [1.165, 1.54) is 0 Å². The van der Waals surface area contributed by atoms with E-state index < -0.39 is 34.3 Å². The minimum Gasteiger partial charge on any atom is -0.455 e. The first-order chi connectivity index (χ1) is 8.23. The van der Waals surface area contributed by atoms with E-state index in [-0.39, 0.29) is 6.42 Å². The molecule has 0 bridgehead atoms. The molecule has 3 amide bonds. The van der Waals surface area contributed by atoms with Crippen LogP contribution in [0.1, 0.15) is 20.3 Å². The topological polar surface area (TPSA) is 84.5 Å². The van der Waals surface area contributed by atoms with E-state index in [9.17, 15) is 14.4 Å². The summed E-state index contributed by atoms with van der Waals surface area (Å²) in [4.78, 5) is 33.8. The molecule has 0 aliphatic heterocycles. The monoisotopic (exact) mass is 296 g/mol. The van der Waals surface area contributed by atoms with Gasteiger partial charge in [0.05, 0.1) is 0 Å². The van der Waals surface area contributed by atoms with E-state index in [1.807, 2.05) is 5.32 Å². The number of alkyl halides is 2. The number of hydrogen-bond acceptors (Lipinski definition) is 4. The Bertz CT molecular complexity index is 386. The van der Waals surface area contributed by atoms with Gasteiger partial charge in [0.25, 0.3) is 5.91 Å². The third-order valence-corrected chi connectivity index (χ3v) is 3.73. The molecule has 0 radical (unpaired) electrons. The van der Waals surface area contributed by atoms with E-state index in [0.29, 0.717) is 6.54 Å². The van der Waals surface area contributed by atoms with Crippen LogP contribution in [0, 0.1) is 5.41 Å². The maximum absolute atomic E-state index is 11.6. The number of carbonyl (C=O) groups excluding carboxylic acids is 3. The molecule has 2 N–H and O–H groups in total. The van der Waals surface area contributed by atoms with E-state index in [1.54, 1.807) is 13.8 Å². The van der Waals surface area contributed by atoms with Gasteiger partial charge in [0, 0.05) is 13.0 Å². The van der Waals surface area contributed by atoms with Crippen LogP contribution in [0.15, 0.2) is 0 Å². The summed E-state index contributed by atoms with van der Waals surface area (Å²) in [6, 6.07) is -0.639. The molecule has 0 aromatic rings. The van der Waals surface area contributed by atoms with Crippen LogP contribution in [0.2, 0.25) is 0 Å². The molecule has 0 unspecified atom stereocenters. The summed E-state index contributed by atoms with van der Waals surface area (Å²) < 4.78 is 3.61. The number of rotatable bonds is 4. The van der Waals surface area contributed by atoms with E-state index in [2.05, 4.69) is 5.32 Å². The summed E-state index contributed by atoms with van der Waals surface area (Å²) in [6.45, 7) is 3.10. The Morgan fingerprint density at radius 2 is 1.89 bits per heavy atom. The lowest BCUT2D eigenvalue weighted by molar-refractivity contribution is -0.153. The molecule has 1 saturated carbocycles. The highest BCUT2D eigenvalue weighted by atomic mass is 35.5. The fraction of sp³-hybridized carbons (Fsp3) is 0.700. The van der Waals surface area contributed by atoms with Gasteiger partial charge >= 0.3 is 12.0 Å². The average Bonchev–Trinajstić information content (AvgIpc) is 2.76. The summed E-state index contributed by atoms with van der Waals surface area (Å²) in [5, 5.41) is 4.36. The molecule has 1 aliphatic rings. The van der Waals surface area contributed by atoms with E-state index in [4.69, 9.17) is 27.9 Å². The van der Waals surface area contributed by atoms with Crippen molar-refractivity contribution in [2.75, 3.05) is 13.2 Å². The van der Waals surface area contributed by atoms with Crippen molar-refractivity contribution in [3.63, 3.8) is 0 Å². The molecule has 18 heavy (non-hydrogen) atoms. The Morgan fingerprint density at radius 3 is 2.33 bits per heavy atom. The summed E-state index contributed by atoms with van der Waals surface area (Å²) in [5.41, 5.74) is -0.984. The minimum atomic E-state index is -1.14. The maximum Gasteiger partial charge on any atom is 0.321 e. The summed E-state index contributed by atoms with van der Waals surface area (Å²) in [6.07, 6.45) is 0.278. The highest BCUT2D eigenvalue weighted by molar-refractivity contribution is 6.53. The SMILES string of the molecule is CCNC(=O)NC(=O)COC(=O)[C@]1(C)CC1(Cl)Cl. The van der Waals surface area contributed by atoms with Crippen molar-refractivity contribution < 1.29 is 19.1 Å². The predicted octanol–water partition coefficient (Wildman–Crippen LogP) is 0.959. The number of urea groups is 1. The summed E-state index contributed by atoms with van der Waals surface area (Å²) in [5.74, 6) is -1.37. The second kappa shape index (κ2) is 5.32. The molecule has 0 saturated heterocycles. The molecule has 6 nitrogen and oxygen atoms in total. The average molecular weight is 297 g/mol. The van der Waals surface area contributed by atoms with Crippen LogP contribution in [-0.2, 0) is 14.3 Å². The van der Waals surface area contributed by atoms with Crippen LogP contribution in [0.3, 0.4) is 0 Å². The fourth-order valence-electron chi connectivity index (χ4n) is 1.28. The normalized spacial score (nSPS) is 24.0. The Kier molecular flexibility index (Phi) is 4.45. The van der Waals surface area contributed by atoms with Crippen molar-refractivity contribution in [3.05, 3.63) is 0 Å².